The van der Waals surface area contributed by atoms with Crippen molar-refractivity contribution < 1.29 is 0 Å². The Hall–Kier alpha value is -4.36. The van der Waals surface area contributed by atoms with Crippen LogP contribution in [0.5, 0.6) is 0 Å². The number of allylic oxidation sites excluding steroid dienone is 3. The lowest BCUT2D eigenvalue weighted by molar-refractivity contribution is 1.54. The molecule has 1 heteroatoms. The van der Waals surface area contributed by atoms with Gasteiger partial charge in [-0.2, -0.15) is 0 Å². The molecule has 1 nitrogen and oxygen atoms in total. The highest BCUT2D eigenvalue weighted by Gasteiger charge is 2.11. The molecule has 0 atom stereocenters. The summed E-state index contributed by atoms with van der Waals surface area (Å²) in [6.45, 7) is 2.03. The van der Waals surface area contributed by atoms with Gasteiger partial charge in [0, 0.05) is 16.9 Å². The van der Waals surface area contributed by atoms with Crippen LogP contribution in [0.1, 0.15) is 12.5 Å². The predicted molar refractivity (Wildman–Crippen MR) is 148 cm³/mol. The van der Waals surface area contributed by atoms with Crippen LogP contribution in [0.15, 0.2) is 133 Å². The second kappa shape index (κ2) is 10.1. The van der Waals surface area contributed by atoms with E-state index >= 15 is 0 Å². The van der Waals surface area contributed by atoms with Gasteiger partial charge in [0.15, 0.2) is 0 Å². The fraction of sp³-hybridized carbons (Fsp3) is 0.0303. The molecule has 1 N–H and O–H groups in total. The van der Waals surface area contributed by atoms with Crippen molar-refractivity contribution >= 4 is 28.2 Å². The standard InChI is InChI=1S/C33H27N/c1-2-3-5-12-25-13-10-18-29(23-25)33-31-20-9-8-16-27(31)21-22-32(33)34-30-19-11-17-28(24-30)26-14-6-4-7-15-26/h2-24,34H,1H3/b3-2-,12-5-. The number of hydrogen-bond donors (Lipinski definition) is 1. The zero-order valence-corrected chi connectivity index (χ0v) is 19.3. The van der Waals surface area contributed by atoms with Gasteiger partial charge >= 0.3 is 0 Å². The van der Waals surface area contributed by atoms with Gasteiger partial charge in [0.25, 0.3) is 0 Å². The van der Waals surface area contributed by atoms with Gasteiger partial charge in [-0.25, -0.2) is 0 Å². The second-order valence-electron chi connectivity index (χ2n) is 8.29. The Bertz CT molecular complexity index is 1480. The van der Waals surface area contributed by atoms with Crippen molar-refractivity contribution in [2.75, 3.05) is 5.32 Å². The molecule has 0 unspecified atom stereocenters. The first kappa shape index (κ1) is 21.5. The van der Waals surface area contributed by atoms with E-state index in [4.69, 9.17) is 0 Å². The van der Waals surface area contributed by atoms with Gasteiger partial charge in [0.1, 0.15) is 0 Å². The average molecular weight is 438 g/mol. The molecule has 0 aromatic heterocycles. The van der Waals surface area contributed by atoms with E-state index in [0.29, 0.717) is 0 Å². The van der Waals surface area contributed by atoms with E-state index in [0.717, 1.165) is 11.4 Å². The monoisotopic (exact) mass is 437 g/mol. The van der Waals surface area contributed by atoms with Crippen molar-refractivity contribution in [1.82, 2.24) is 0 Å². The molecule has 0 aliphatic rings. The molecular formula is C33H27N. The van der Waals surface area contributed by atoms with E-state index in [1.54, 1.807) is 0 Å². The van der Waals surface area contributed by atoms with E-state index in [1.807, 2.05) is 13.0 Å². The van der Waals surface area contributed by atoms with Gasteiger partial charge < -0.3 is 5.32 Å². The fourth-order valence-corrected chi connectivity index (χ4v) is 4.32. The highest BCUT2D eigenvalue weighted by Crippen LogP contribution is 2.38. The molecule has 0 heterocycles. The second-order valence-corrected chi connectivity index (χ2v) is 8.29. The zero-order valence-electron chi connectivity index (χ0n) is 19.3. The van der Waals surface area contributed by atoms with Gasteiger partial charge in [0.05, 0.1) is 0 Å². The molecule has 5 aromatic rings. The lowest BCUT2D eigenvalue weighted by Gasteiger charge is -2.17. The van der Waals surface area contributed by atoms with Crippen LogP contribution in [0, 0.1) is 0 Å². The lowest BCUT2D eigenvalue weighted by Crippen LogP contribution is -1.95. The van der Waals surface area contributed by atoms with Gasteiger partial charge in [0.2, 0.25) is 0 Å². The summed E-state index contributed by atoms with van der Waals surface area (Å²) in [4.78, 5) is 0. The summed E-state index contributed by atoms with van der Waals surface area (Å²) in [5.74, 6) is 0. The average Bonchev–Trinajstić information content (AvgIpc) is 2.89. The summed E-state index contributed by atoms with van der Waals surface area (Å²) in [6, 6.07) is 40.8. The van der Waals surface area contributed by atoms with Crippen LogP contribution in [0.25, 0.3) is 39.1 Å². The molecular weight excluding hydrogens is 410 g/mol. The van der Waals surface area contributed by atoms with Crippen molar-refractivity contribution in [2.24, 2.45) is 0 Å². The Morgan fingerprint density at radius 2 is 1.35 bits per heavy atom. The zero-order chi connectivity index (χ0) is 23.2. The van der Waals surface area contributed by atoms with Crippen molar-refractivity contribution in [3.8, 4) is 22.3 Å². The molecule has 0 saturated heterocycles. The largest absolute Gasteiger partial charge is 0.355 e. The van der Waals surface area contributed by atoms with E-state index in [2.05, 4.69) is 139 Å². The van der Waals surface area contributed by atoms with Crippen LogP contribution in [0.3, 0.4) is 0 Å². The molecule has 0 spiro atoms. The summed E-state index contributed by atoms with van der Waals surface area (Å²) in [6.07, 6.45) is 8.31. The molecule has 0 amide bonds. The van der Waals surface area contributed by atoms with Crippen LogP contribution in [0.2, 0.25) is 0 Å². The summed E-state index contributed by atoms with van der Waals surface area (Å²) in [5.41, 5.74) is 8.17. The first-order chi connectivity index (χ1) is 16.8. The Kier molecular flexibility index (Phi) is 6.36. The van der Waals surface area contributed by atoms with Gasteiger partial charge in [-0.05, 0) is 64.2 Å². The third kappa shape index (κ3) is 4.69. The smallest absolute Gasteiger partial charge is 0.0470 e. The van der Waals surface area contributed by atoms with Crippen LogP contribution in [-0.4, -0.2) is 0 Å². The quantitative estimate of drug-likeness (QED) is 0.261. The summed E-state index contributed by atoms with van der Waals surface area (Å²) < 4.78 is 0. The predicted octanol–water partition coefficient (Wildman–Crippen LogP) is 9.51. The Balaban J connectivity index is 1.60. The molecule has 0 aliphatic carbocycles. The normalized spacial score (nSPS) is 11.4. The van der Waals surface area contributed by atoms with Crippen molar-refractivity contribution in [3.63, 3.8) is 0 Å². The molecule has 0 saturated carbocycles. The first-order valence-electron chi connectivity index (χ1n) is 11.7. The molecule has 164 valence electrons. The number of benzene rings is 5. The maximum Gasteiger partial charge on any atom is 0.0470 e. The summed E-state index contributed by atoms with van der Waals surface area (Å²) >= 11 is 0. The highest BCUT2D eigenvalue weighted by molar-refractivity contribution is 6.03. The minimum atomic E-state index is 1.07. The third-order valence-corrected chi connectivity index (χ3v) is 5.95. The van der Waals surface area contributed by atoms with E-state index in [-0.39, 0.29) is 0 Å². The molecule has 0 radical (unpaired) electrons. The minimum absolute atomic E-state index is 1.07. The molecule has 34 heavy (non-hydrogen) atoms. The van der Waals surface area contributed by atoms with E-state index in [9.17, 15) is 0 Å². The molecule has 5 rings (SSSR count). The molecule has 0 aliphatic heterocycles. The van der Waals surface area contributed by atoms with Crippen LogP contribution in [0.4, 0.5) is 11.4 Å². The first-order valence-corrected chi connectivity index (χ1v) is 11.7. The number of nitrogens with one attached hydrogen (secondary N) is 1. The Morgan fingerprint density at radius 1 is 0.588 bits per heavy atom. The number of rotatable bonds is 6. The van der Waals surface area contributed by atoms with Crippen LogP contribution in [-0.2, 0) is 0 Å². The maximum absolute atomic E-state index is 3.72. The van der Waals surface area contributed by atoms with Gasteiger partial charge in [-0.3, -0.25) is 0 Å². The van der Waals surface area contributed by atoms with Gasteiger partial charge in [-0.1, -0.05) is 115 Å². The Labute approximate surface area is 201 Å². The van der Waals surface area contributed by atoms with Gasteiger partial charge in [-0.15, -0.1) is 0 Å². The lowest BCUT2D eigenvalue weighted by atomic mass is 9.94. The number of hydrogen-bond acceptors (Lipinski definition) is 1. The topological polar surface area (TPSA) is 12.0 Å². The maximum atomic E-state index is 3.72. The molecule has 0 fully saturated rings. The summed E-state index contributed by atoms with van der Waals surface area (Å²) in [5, 5.41) is 6.19. The summed E-state index contributed by atoms with van der Waals surface area (Å²) in [7, 11) is 0. The fourth-order valence-electron chi connectivity index (χ4n) is 4.32. The Morgan fingerprint density at radius 3 is 2.24 bits per heavy atom. The van der Waals surface area contributed by atoms with E-state index in [1.165, 1.54) is 38.6 Å². The molecule has 0 bridgehead atoms. The van der Waals surface area contributed by atoms with Crippen molar-refractivity contribution in [2.45, 2.75) is 6.92 Å². The number of anilines is 2. The highest BCUT2D eigenvalue weighted by atomic mass is 14.9. The molecule has 5 aromatic carbocycles. The van der Waals surface area contributed by atoms with Crippen molar-refractivity contribution in [1.29, 1.82) is 0 Å². The minimum Gasteiger partial charge on any atom is -0.355 e. The third-order valence-electron chi connectivity index (χ3n) is 5.95. The van der Waals surface area contributed by atoms with E-state index < -0.39 is 0 Å². The van der Waals surface area contributed by atoms with Crippen molar-refractivity contribution in [3.05, 3.63) is 139 Å². The van der Waals surface area contributed by atoms with Crippen LogP contribution < -0.4 is 5.32 Å². The van der Waals surface area contributed by atoms with Crippen LogP contribution >= 0.6 is 0 Å². The number of fused-ring (bicyclic) bond motifs is 1. The SMILES string of the molecule is C/C=C\C=C/c1cccc(-c2c(Nc3cccc(-c4ccccc4)c3)ccc3ccccc23)c1.